The molecule has 164 valence electrons. The van der Waals surface area contributed by atoms with Gasteiger partial charge in [-0.1, -0.05) is 13.2 Å². The van der Waals surface area contributed by atoms with E-state index in [1.807, 2.05) is 41.3 Å². The molecule has 0 saturated carbocycles. The number of anilines is 1. The average Bonchev–Trinajstić information content (AvgIpc) is 3.29. The Hall–Kier alpha value is -4.34. The fourth-order valence-electron chi connectivity index (χ4n) is 2.88. The fraction of sp³-hybridized carbons (Fsp3) is 0.182. The highest BCUT2D eigenvalue weighted by Gasteiger charge is 2.08. The Morgan fingerprint density at radius 2 is 1.44 bits per heavy atom. The minimum Gasteiger partial charge on any atom is -0.368 e. The van der Waals surface area contributed by atoms with Gasteiger partial charge in [0.1, 0.15) is 11.0 Å². The summed E-state index contributed by atoms with van der Waals surface area (Å²) in [5.74, 6) is -0.464. The van der Waals surface area contributed by atoms with Crippen molar-refractivity contribution in [3.8, 4) is 0 Å². The number of hydrogen-bond donors (Lipinski definition) is 3. The number of carbonyl (C=O) groups is 2. The number of amides is 2. The highest BCUT2D eigenvalue weighted by molar-refractivity contribution is 5.87. The van der Waals surface area contributed by atoms with Crippen molar-refractivity contribution < 1.29 is 9.59 Å². The monoisotopic (exact) mass is 432 g/mol. The molecule has 0 saturated heterocycles. The van der Waals surface area contributed by atoms with Crippen LogP contribution in [0.1, 0.15) is 0 Å². The van der Waals surface area contributed by atoms with Crippen LogP contribution in [0.2, 0.25) is 0 Å². The van der Waals surface area contributed by atoms with E-state index in [0.717, 1.165) is 16.7 Å². The van der Waals surface area contributed by atoms with Crippen molar-refractivity contribution in [2.75, 3.05) is 31.1 Å². The summed E-state index contributed by atoms with van der Waals surface area (Å²) in [6.07, 6.45) is 2.46. The van der Waals surface area contributed by atoms with E-state index in [1.54, 1.807) is 6.07 Å². The molecule has 3 aromatic rings. The van der Waals surface area contributed by atoms with Gasteiger partial charge in [0.15, 0.2) is 0 Å². The Kier molecular flexibility index (Phi) is 7.79. The summed E-state index contributed by atoms with van der Waals surface area (Å²) in [7, 11) is 0. The predicted molar refractivity (Wildman–Crippen MR) is 123 cm³/mol. The Morgan fingerprint density at radius 3 is 2.06 bits per heavy atom. The van der Waals surface area contributed by atoms with Gasteiger partial charge in [-0.05, 0) is 54.6 Å². The van der Waals surface area contributed by atoms with Gasteiger partial charge >= 0.3 is 0 Å². The van der Waals surface area contributed by atoms with Crippen LogP contribution in [0, 0.1) is 0 Å². The SMILES string of the molecule is C=CC(=O)NCCN(CCNC(=O)C=C)c1ccc(N=Nc2ccc3n[nH]nc3c2)cc1. The van der Waals surface area contributed by atoms with Crippen LogP contribution in [0.3, 0.4) is 0 Å². The zero-order valence-corrected chi connectivity index (χ0v) is 17.5. The summed E-state index contributed by atoms with van der Waals surface area (Å²) in [6.45, 7) is 8.88. The molecule has 10 heteroatoms. The minimum atomic E-state index is -0.232. The molecule has 0 radical (unpaired) electrons. The number of aromatic amines is 1. The van der Waals surface area contributed by atoms with Crippen LogP contribution in [0.4, 0.5) is 17.1 Å². The average molecular weight is 432 g/mol. The van der Waals surface area contributed by atoms with Crippen molar-refractivity contribution in [2.45, 2.75) is 0 Å². The predicted octanol–water partition coefficient (Wildman–Crippen LogP) is 2.78. The van der Waals surface area contributed by atoms with Gasteiger partial charge in [-0.3, -0.25) is 9.59 Å². The standard InChI is InChI=1S/C22H24N8O2/c1-3-21(31)23-11-13-30(14-12-24-22(32)4-2)18-8-5-16(6-9-18)25-26-17-7-10-19-20(15-17)28-29-27-19/h3-10,15H,1-2,11-14H2,(H,23,31)(H,24,32)(H,27,28,29). The third-order valence-electron chi connectivity index (χ3n) is 4.53. The summed E-state index contributed by atoms with van der Waals surface area (Å²) < 4.78 is 0. The van der Waals surface area contributed by atoms with Gasteiger partial charge in [0.2, 0.25) is 11.8 Å². The zero-order valence-electron chi connectivity index (χ0n) is 17.5. The van der Waals surface area contributed by atoms with Crippen molar-refractivity contribution in [1.82, 2.24) is 26.0 Å². The van der Waals surface area contributed by atoms with Crippen LogP contribution >= 0.6 is 0 Å². The Morgan fingerprint density at radius 1 is 0.875 bits per heavy atom. The molecule has 10 nitrogen and oxygen atoms in total. The van der Waals surface area contributed by atoms with Crippen molar-refractivity contribution >= 4 is 39.9 Å². The summed E-state index contributed by atoms with van der Waals surface area (Å²) in [4.78, 5) is 24.9. The van der Waals surface area contributed by atoms with E-state index in [4.69, 9.17) is 0 Å². The lowest BCUT2D eigenvalue weighted by Gasteiger charge is -2.25. The lowest BCUT2D eigenvalue weighted by molar-refractivity contribution is -0.117. The number of nitrogens with zero attached hydrogens (tertiary/aromatic N) is 5. The van der Waals surface area contributed by atoms with E-state index in [2.05, 4.69) is 49.4 Å². The third kappa shape index (κ3) is 6.33. The molecule has 0 aliphatic rings. The van der Waals surface area contributed by atoms with Gasteiger partial charge in [0.05, 0.1) is 11.4 Å². The maximum absolute atomic E-state index is 11.4. The van der Waals surface area contributed by atoms with Gasteiger partial charge in [-0.15, -0.1) is 0 Å². The number of benzene rings is 2. The van der Waals surface area contributed by atoms with E-state index >= 15 is 0 Å². The topological polar surface area (TPSA) is 128 Å². The minimum absolute atomic E-state index is 0.232. The van der Waals surface area contributed by atoms with Crippen LogP contribution in [0.15, 0.2) is 78.0 Å². The lowest BCUT2D eigenvalue weighted by Crippen LogP contribution is -2.39. The van der Waals surface area contributed by atoms with Crippen molar-refractivity contribution in [3.05, 3.63) is 67.8 Å². The first-order valence-electron chi connectivity index (χ1n) is 9.97. The first-order chi connectivity index (χ1) is 15.6. The summed E-state index contributed by atoms with van der Waals surface area (Å²) in [5, 5.41) is 24.7. The first-order valence-corrected chi connectivity index (χ1v) is 9.97. The van der Waals surface area contributed by atoms with E-state index in [-0.39, 0.29) is 11.8 Å². The number of rotatable bonds is 11. The molecule has 0 aliphatic heterocycles. The zero-order chi connectivity index (χ0) is 22.8. The van der Waals surface area contributed by atoms with Gasteiger partial charge in [-0.2, -0.15) is 25.6 Å². The molecule has 0 aliphatic carbocycles. The molecular formula is C22H24N8O2. The quantitative estimate of drug-likeness (QED) is 0.317. The number of nitrogens with one attached hydrogen (secondary N) is 3. The van der Waals surface area contributed by atoms with Gasteiger partial charge in [-0.25, -0.2) is 0 Å². The van der Waals surface area contributed by atoms with E-state index in [0.29, 0.717) is 37.6 Å². The molecule has 2 aromatic carbocycles. The van der Waals surface area contributed by atoms with Gasteiger partial charge in [0, 0.05) is 31.9 Å². The van der Waals surface area contributed by atoms with E-state index in [9.17, 15) is 9.59 Å². The van der Waals surface area contributed by atoms with Crippen molar-refractivity contribution in [2.24, 2.45) is 10.2 Å². The number of fused-ring (bicyclic) bond motifs is 1. The molecular weight excluding hydrogens is 408 g/mol. The molecule has 3 rings (SSSR count). The van der Waals surface area contributed by atoms with Crippen LogP contribution < -0.4 is 15.5 Å². The third-order valence-corrected chi connectivity index (χ3v) is 4.53. The normalized spacial score (nSPS) is 10.8. The lowest BCUT2D eigenvalue weighted by atomic mass is 10.2. The molecule has 32 heavy (non-hydrogen) atoms. The Labute approximate surface area is 185 Å². The Bertz CT molecular complexity index is 1090. The second-order valence-corrected chi connectivity index (χ2v) is 6.69. The summed E-state index contributed by atoms with van der Waals surface area (Å²) in [6, 6.07) is 13.0. The number of azo groups is 1. The molecule has 0 fully saturated rings. The largest absolute Gasteiger partial charge is 0.368 e. The second kappa shape index (κ2) is 11.2. The van der Waals surface area contributed by atoms with Crippen LogP contribution in [0.25, 0.3) is 11.0 Å². The number of aromatic nitrogens is 3. The van der Waals surface area contributed by atoms with Crippen LogP contribution in [-0.4, -0.2) is 53.4 Å². The maximum atomic E-state index is 11.4. The van der Waals surface area contributed by atoms with Gasteiger partial charge in [0.25, 0.3) is 0 Å². The number of carbonyl (C=O) groups excluding carboxylic acids is 2. The molecule has 0 bridgehead atoms. The first kappa shape index (κ1) is 22.3. The molecule has 0 spiro atoms. The smallest absolute Gasteiger partial charge is 0.243 e. The van der Waals surface area contributed by atoms with Crippen molar-refractivity contribution in [3.63, 3.8) is 0 Å². The molecule has 3 N–H and O–H groups in total. The Balaban J connectivity index is 1.65. The van der Waals surface area contributed by atoms with Crippen LogP contribution in [-0.2, 0) is 9.59 Å². The molecule has 2 amide bonds. The second-order valence-electron chi connectivity index (χ2n) is 6.69. The number of H-pyrrole nitrogens is 1. The summed E-state index contributed by atoms with van der Waals surface area (Å²) in [5.41, 5.74) is 3.78. The molecule has 1 aromatic heterocycles. The van der Waals surface area contributed by atoms with Crippen molar-refractivity contribution in [1.29, 1.82) is 0 Å². The van der Waals surface area contributed by atoms with E-state index < -0.39 is 0 Å². The van der Waals surface area contributed by atoms with Gasteiger partial charge < -0.3 is 15.5 Å². The molecule has 0 atom stereocenters. The molecule has 1 heterocycles. The molecule has 0 unspecified atom stereocenters. The number of hydrogen-bond acceptors (Lipinski definition) is 7. The summed E-state index contributed by atoms with van der Waals surface area (Å²) >= 11 is 0. The highest BCUT2D eigenvalue weighted by Crippen LogP contribution is 2.23. The van der Waals surface area contributed by atoms with E-state index in [1.165, 1.54) is 12.2 Å². The van der Waals surface area contributed by atoms with Crippen LogP contribution in [0.5, 0.6) is 0 Å². The highest BCUT2D eigenvalue weighted by atomic mass is 16.2. The fourth-order valence-corrected chi connectivity index (χ4v) is 2.88. The maximum Gasteiger partial charge on any atom is 0.243 e.